The Morgan fingerprint density at radius 1 is 1.39 bits per heavy atom. The maximum atomic E-state index is 5.79. The van der Waals surface area contributed by atoms with Crippen molar-refractivity contribution in [2.45, 2.75) is 52.1 Å². The second-order valence-corrected chi connectivity index (χ2v) is 4.94. The SMILES string of the molecule is CCN(CC)C(C)(CC)C(Cc1ccoc1)NN. The highest BCUT2D eigenvalue weighted by Gasteiger charge is 2.36. The van der Waals surface area contributed by atoms with Crippen LogP contribution in [0.5, 0.6) is 0 Å². The van der Waals surface area contributed by atoms with E-state index in [-0.39, 0.29) is 11.6 Å². The molecule has 4 heteroatoms. The molecule has 0 aliphatic rings. The van der Waals surface area contributed by atoms with Crippen molar-refractivity contribution >= 4 is 0 Å². The fourth-order valence-electron chi connectivity index (χ4n) is 2.74. The number of rotatable bonds is 8. The van der Waals surface area contributed by atoms with Crippen LogP contribution in [-0.4, -0.2) is 29.6 Å². The van der Waals surface area contributed by atoms with E-state index in [9.17, 15) is 0 Å². The van der Waals surface area contributed by atoms with Crippen molar-refractivity contribution in [1.82, 2.24) is 10.3 Å². The van der Waals surface area contributed by atoms with Gasteiger partial charge >= 0.3 is 0 Å². The van der Waals surface area contributed by atoms with Gasteiger partial charge in [-0.25, -0.2) is 0 Å². The number of furan rings is 1. The molecule has 4 nitrogen and oxygen atoms in total. The Bertz CT molecular complexity index is 322. The highest BCUT2D eigenvalue weighted by molar-refractivity contribution is 5.11. The summed E-state index contributed by atoms with van der Waals surface area (Å²) in [6.07, 6.45) is 5.45. The molecule has 0 aromatic carbocycles. The zero-order valence-electron chi connectivity index (χ0n) is 12.1. The Balaban J connectivity index is 2.87. The summed E-state index contributed by atoms with van der Waals surface area (Å²) in [5.74, 6) is 5.79. The molecule has 0 aliphatic carbocycles. The molecule has 1 rings (SSSR count). The number of nitrogens with zero attached hydrogens (tertiary/aromatic N) is 1. The van der Waals surface area contributed by atoms with Crippen molar-refractivity contribution in [3.8, 4) is 0 Å². The van der Waals surface area contributed by atoms with E-state index in [1.165, 1.54) is 5.56 Å². The fraction of sp³-hybridized carbons (Fsp3) is 0.714. The first-order valence-corrected chi connectivity index (χ1v) is 6.84. The summed E-state index contributed by atoms with van der Waals surface area (Å²) in [6, 6.07) is 2.21. The average Bonchev–Trinajstić information content (AvgIpc) is 2.89. The van der Waals surface area contributed by atoms with Gasteiger partial charge in [-0.3, -0.25) is 16.2 Å². The minimum Gasteiger partial charge on any atom is -0.472 e. The van der Waals surface area contributed by atoms with E-state index < -0.39 is 0 Å². The average molecular weight is 253 g/mol. The Morgan fingerprint density at radius 3 is 2.44 bits per heavy atom. The molecule has 3 N–H and O–H groups in total. The van der Waals surface area contributed by atoms with Crippen LogP contribution >= 0.6 is 0 Å². The second-order valence-electron chi connectivity index (χ2n) is 4.94. The first-order chi connectivity index (χ1) is 8.62. The third-order valence-corrected chi connectivity index (χ3v) is 4.17. The minimum atomic E-state index is 0.0511. The largest absolute Gasteiger partial charge is 0.472 e. The number of hydrogen-bond donors (Lipinski definition) is 2. The van der Waals surface area contributed by atoms with Crippen LogP contribution in [0.15, 0.2) is 23.0 Å². The van der Waals surface area contributed by atoms with Gasteiger partial charge in [0.2, 0.25) is 0 Å². The van der Waals surface area contributed by atoms with Crippen LogP contribution in [0, 0.1) is 0 Å². The van der Waals surface area contributed by atoms with Crippen molar-refractivity contribution in [3.63, 3.8) is 0 Å². The van der Waals surface area contributed by atoms with E-state index in [1.54, 1.807) is 12.5 Å². The number of nitrogens with one attached hydrogen (secondary N) is 1. The molecule has 104 valence electrons. The third kappa shape index (κ3) is 3.13. The first kappa shape index (κ1) is 15.2. The molecule has 0 saturated heterocycles. The molecule has 0 saturated carbocycles. The number of nitrogens with two attached hydrogens (primary N) is 1. The summed E-state index contributed by atoms with van der Waals surface area (Å²) < 4.78 is 5.14. The Hall–Kier alpha value is -0.840. The molecule has 18 heavy (non-hydrogen) atoms. The zero-order valence-corrected chi connectivity index (χ0v) is 12.1. The molecule has 2 unspecified atom stereocenters. The van der Waals surface area contributed by atoms with Gasteiger partial charge < -0.3 is 4.42 Å². The van der Waals surface area contributed by atoms with E-state index in [0.717, 1.165) is 25.9 Å². The van der Waals surface area contributed by atoms with E-state index in [2.05, 4.69) is 38.0 Å². The van der Waals surface area contributed by atoms with Gasteiger partial charge in [0, 0.05) is 11.6 Å². The number of likely N-dealkylation sites (N-methyl/N-ethyl adjacent to an activating group) is 1. The molecule has 0 radical (unpaired) electrons. The predicted octanol–water partition coefficient (Wildman–Crippen LogP) is 2.16. The van der Waals surface area contributed by atoms with Crippen molar-refractivity contribution in [3.05, 3.63) is 24.2 Å². The van der Waals surface area contributed by atoms with Gasteiger partial charge in [0.1, 0.15) is 0 Å². The summed E-state index contributed by atoms with van der Waals surface area (Å²) in [4.78, 5) is 2.47. The fourth-order valence-corrected chi connectivity index (χ4v) is 2.74. The standard InChI is InChI=1S/C14H27N3O/c1-5-14(4,17(6-2)7-3)13(16-15)10-12-8-9-18-11-12/h8-9,11,13,16H,5-7,10,15H2,1-4H3. The lowest BCUT2D eigenvalue weighted by atomic mass is 9.84. The maximum absolute atomic E-state index is 5.79. The van der Waals surface area contributed by atoms with Crippen LogP contribution in [0.1, 0.15) is 39.7 Å². The summed E-state index contributed by atoms with van der Waals surface area (Å²) >= 11 is 0. The Morgan fingerprint density at radius 2 is 2.06 bits per heavy atom. The third-order valence-electron chi connectivity index (χ3n) is 4.17. The van der Waals surface area contributed by atoms with Crippen LogP contribution in [-0.2, 0) is 6.42 Å². The van der Waals surface area contributed by atoms with Crippen molar-refractivity contribution in [1.29, 1.82) is 0 Å². The van der Waals surface area contributed by atoms with Crippen LogP contribution in [0.3, 0.4) is 0 Å². The molecule has 2 atom stereocenters. The molecule has 1 aromatic rings. The van der Waals surface area contributed by atoms with Crippen LogP contribution < -0.4 is 11.3 Å². The van der Waals surface area contributed by atoms with E-state index >= 15 is 0 Å². The summed E-state index contributed by atoms with van der Waals surface area (Å²) in [7, 11) is 0. The highest BCUT2D eigenvalue weighted by Crippen LogP contribution is 2.25. The molecule has 1 heterocycles. The lowest BCUT2D eigenvalue weighted by molar-refractivity contribution is 0.0700. The smallest absolute Gasteiger partial charge is 0.0935 e. The molecule has 0 aliphatic heterocycles. The van der Waals surface area contributed by atoms with Gasteiger partial charge in [0.15, 0.2) is 0 Å². The number of hydrazine groups is 1. The van der Waals surface area contributed by atoms with E-state index in [1.807, 2.05) is 6.07 Å². The van der Waals surface area contributed by atoms with Crippen LogP contribution in [0.4, 0.5) is 0 Å². The molecular formula is C14H27N3O. The van der Waals surface area contributed by atoms with Crippen molar-refractivity contribution in [2.24, 2.45) is 5.84 Å². The monoisotopic (exact) mass is 253 g/mol. The molecule has 0 bridgehead atoms. The Kier molecular flexibility index (Phi) is 5.85. The summed E-state index contributed by atoms with van der Waals surface area (Å²) in [5.41, 5.74) is 4.23. The minimum absolute atomic E-state index is 0.0511. The number of hydrogen-bond acceptors (Lipinski definition) is 4. The second kappa shape index (κ2) is 6.92. The van der Waals surface area contributed by atoms with Crippen molar-refractivity contribution in [2.75, 3.05) is 13.1 Å². The first-order valence-electron chi connectivity index (χ1n) is 6.84. The van der Waals surface area contributed by atoms with Gasteiger partial charge in [0.05, 0.1) is 12.5 Å². The zero-order chi connectivity index (χ0) is 13.6. The van der Waals surface area contributed by atoms with Crippen LogP contribution in [0.25, 0.3) is 0 Å². The quantitative estimate of drug-likeness (QED) is 0.551. The molecule has 0 amide bonds. The topological polar surface area (TPSA) is 54.4 Å². The Labute approximate surface area is 110 Å². The highest BCUT2D eigenvalue weighted by atomic mass is 16.3. The molecule has 0 spiro atoms. The van der Waals surface area contributed by atoms with E-state index in [0.29, 0.717) is 0 Å². The molecule has 0 fully saturated rings. The predicted molar refractivity (Wildman–Crippen MR) is 75.1 cm³/mol. The van der Waals surface area contributed by atoms with Gasteiger partial charge in [-0.05, 0) is 44.5 Å². The maximum Gasteiger partial charge on any atom is 0.0935 e. The van der Waals surface area contributed by atoms with Gasteiger partial charge in [0.25, 0.3) is 0 Å². The van der Waals surface area contributed by atoms with E-state index in [4.69, 9.17) is 10.3 Å². The van der Waals surface area contributed by atoms with Gasteiger partial charge in [-0.1, -0.05) is 20.8 Å². The normalized spacial score (nSPS) is 16.8. The van der Waals surface area contributed by atoms with Crippen LogP contribution in [0.2, 0.25) is 0 Å². The summed E-state index contributed by atoms with van der Waals surface area (Å²) in [5, 5.41) is 0. The van der Waals surface area contributed by atoms with Gasteiger partial charge in [-0.15, -0.1) is 0 Å². The summed E-state index contributed by atoms with van der Waals surface area (Å²) in [6.45, 7) is 11.0. The molecule has 1 aromatic heterocycles. The lowest BCUT2D eigenvalue weighted by Crippen LogP contribution is -2.61. The van der Waals surface area contributed by atoms with Crippen molar-refractivity contribution < 1.29 is 4.42 Å². The van der Waals surface area contributed by atoms with Gasteiger partial charge in [-0.2, -0.15) is 0 Å². The lowest BCUT2D eigenvalue weighted by Gasteiger charge is -2.45. The molecular weight excluding hydrogens is 226 g/mol.